The Balaban J connectivity index is 2.19. The molecular weight excluding hydrogens is 268 g/mol. The van der Waals surface area contributed by atoms with Crippen molar-refractivity contribution in [1.29, 1.82) is 0 Å². The van der Waals surface area contributed by atoms with E-state index < -0.39 is 0 Å². The number of aryl methyl sites for hydroxylation is 1. The van der Waals surface area contributed by atoms with Gasteiger partial charge in [-0.25, -0.2) is 4.98 Å². The van der Waals surface area contributed by atoms with Crippen LogP contribution in [-0.2, 0) is 6.54 Å². The number of rotatable bonds is 3. The summed E-state index contributed by atoms with van der Waals surface area (Å²) < 4.78 is 2.27. The molecule has 0 aliphatic heterocycles. The van der Waals surface area contributed by atoms with E-state index in [4.69, 9.17) is 0 Å². The Bertz CT molecular complexity index is 828. The molecule has 0 aliphatic rings. The Morgan fingerprint density at radius 2 is 2.10 bits per heavy atom. The zero-order chi connectivity index (χ0) is 14.1. The lowest BCUT2D eigenvalue weighted by Crippen LogP contribution is -2.18. The smallest absolute Gasteiger partial charge is 0.271 e. The van der Waals surface area contributed by atoms with Crippen molar-refractivity contribution < 1.29 is 0 Å². The van der Waals surface area contributed by atoms with Crippen LogP contribution < -0.4 is 5.56 Å². The first-order valence-electron chi connectivity index (χ1n) is 6.35. The number of hydrogen-bond donors (Lipinski definition) is 0. The lowest BCUT2D eigenvalue weighted by molar-refractivity contribution is 0.770. The van der Waals surface area contributed by atoms with Gasteiger partial charge in [0.1, 0.15) is 4.70 Å². The summed E-state index contributed by atoms with van der Waals surface area (Å²) in [6.07, 6.45) is 3.29. The molecule has 0 aliphatic carbocycles. The standard InChI is InChI=1S/C16H14N2OS/c1-3-8-18-10-17-14-13(9-20-15(14)16(18)19)12-6-4-11(2)5-7-12/h3-7,9-10H,1,8H2,2H3. The highest BCUT2D eigenvalue weighted by Crippen LogP contribution is 2.30. The molecule has 0 spiro atoms. The molecule has 3 rings (SSSR count). The van der Waals surface area contributed by atoms with Crippen molar-refractivity contribution in [3.63, 3.8) is 0 Å². The van der Waals surface area contributed by atoms with Crippen molar-refractivity contribution >= 4 is 21.6 Å². The van der Waals surface area contributed by atoms with Gasteiger partial charge in [-0.05, 0) is 12.5 Å². The van der Waals surface area contributed by atoms with Gasteiger partial charge in [-0.3, -0.25) is 9.36 Å². The van der Waals surface area contributed by atoms with Crippen molar-refractivity contribution in [2.45, 2.75) is 13.5 Å². The maximum absolute atomic E-state index is 12.3. The van der Waals surface area contributed by atoms with E-state index in [0.717, 1.165) is 16.6 Å². The number of nitrogens with zero attached hydrogens (tertiary/aromatic N) is 2. The van der Waals surface area contributed by atoms with Crippen LogP contribution in [-0.4, -0.2) is 9.55 Å². The minimum atomic E-state index is -0.00161. The monoisotopic (exact) mass is 282 g/mol. The van der Waals surface area contributed by atoms with Crippen LogP contribution in [0.15, 0.2) is 53.4 Å². The van der Waals surface area contributed by atoms with E-state index in [-0.39, 0.29) is 5.56 Å². The van der Waals surface area contributed by atoms with E-state index >= 15 is 0 Å². The SMILES string of the molecule is C=CCn1cnc2c(-c3ccc(C)cc3)csc2c1=O. The molecule has 0 saturated heterocycles. The third-order valence-electron chi connectivity index (χ3n) is 3.23. The van der Waals surface area contributed by atoms with Crippen molar-refractivity contribution in [3.8, 4) is 11.1 Å². The number of allylic oxidation sites excluding steroid dienone is 1. The zero-order valence-electron chi connectivity index (χ0n) is 11.2. The van der Waals surface area contributed by atoms with E-state index in [1.807, 2.05) is 5.38 Å². The minimum Gasteiger partial charge on any atom is -0.294 e. The maximum atomic E-state index is 12.3. The van der Waals surface area contributed by atoms with Gasteiger partial charge in [-0.15, -0.1) is 17.9 Å². The lowest BCUT2D eigenvalue weighted by atomic mass is 10.1. The predicted octanol–water partition coefficient (Wildman–Crippen LogP) is 3.62. The Hall–Kier alpha value is -2.20. The first kappa shape index (κ1) is 12.8. The fourth-order valence-electron chi connectivity index (χ4n) is 2.15. The fraction of sp³-hybridized carbons (Fsp3) is 0.125. The summed E-state index contributed by atoms with van der Waals surface area (Å²) in [4.78, 5) is 16.7. The first-order valence-corrected chi connectivity index (χ1v) is 7.23. The molecule has 0 fully saturated rings. The van der Waals surface area contributed by atoms with Gasteiger partial charge in [0.25, 0.3) is 5.56 Å². The molecule has 2 heterocycles. The van der Waals surface area contributed by atoms with Crippen LogP contribution in [0.2, 0.25) is 0 Å². The highest BCUT2D eigenvalue weighted by molar-refractivity contribution is 7.17. The van der Waals surface area contributed by atoms with Gasteiger partial charge >= 0.3 is 0 Å². The quantitative estimate of drug-likeness (QED) is 0.688. The number of benzene rings is 1. The van der Waals surface area contributed by atoms with E-state index in [2.05, 4.69) is 42.8 Å². The molecule has 0 unspecified atom stereocenters. The third-order valence-corrected chi connectivity index (χ3v) is 4.19. The molecule has 0 radical (unpaired) electrons. The maximum Gasteiger partial charge on any atom is 0.271 e. The molecule has 0 bridgehead atoms. The van der Waals surface area contributed by atoms with Gasteiger partial charge in [0, 0.05) is 17.5 Å². The summed E-state index contributed by atoms with van der Waals surface area (Å²) in [5, 5.41) is 2.00. The van der Waals surface area contributed by atoms with Gasteiger partial charge in [0.15, 0.2) is 0 Å². The Kier molecular flexibility index (Phi) is 3.24. The number of thiophene rings is 1. The Morgan fingerprint density at radius 1 is 1.35 bits per heavy atom. The molecule has 2 aromatic heterocycles. The van der Waals surface area contributed by atoms with Crippen LogP contribution in [0.25, 0.3) is 21.3 Å². The summed E-state index contributed by atoms with van der Waals surface area (Å²) in [6, 6.07) is 8.26. The number of hydrogen-bond acceptors (Lipinski definition) is 3. The molecule has 100 valence electrons. The number of aromatic nitrogens is 2. The van der Waals surface area contributed by atoms with Crippen LogP contribution in [0.4, 0.5) is 0 Å². The van der Waals surface area contributed by atoms with E-state index in [9.17, 15) is 4.79 Å². The molecular formula is C16H14N2OS. The van der Waals surface area contributed by atoms with Crippen molar-refractivity contribution in [2.24, 2.45) is 0 Å². The molecule has 3 nitrogen and oxygen atoms in total. The van der Waals surface area contributed by atoms with Gasteiger partial charge in [-0.2, -0.15) is 0 Å². The van der Waals surface area contributed by atoms with E-state index in [1.54, 1.807) is 17.0 Å². The third kappa shape index (κ3) is 2.08. The van der Waals surface area contributed by atoms with Gasteiger partial charge in [0.2, 0.25) is 0 Å². The van der Waals surface area contributed by atoms with Crippen LogP contribution in [0, 0.1) is 6.92 Å². The minimum absolute atomic E-state index is 0.00161. The van der Waals surface area contributed by atoms with E-state index in [1.165, 1.54) is 16.9 Å². The summed E-state index contributed by atoms with van der Waals surface area (Å²) >= 11 is 1.45. The zero-order valence-corrected chi connectivity index (χ0v) is 12.0. The molecule has 4 heteroatoms. The highest BCUT2D eigenvalue weighted by atomic mass is 32.1. The second-order valence-electron chi connectivity index (χ2n) is 4.68. The van der Waals surface area contributed by atoms with Crippen LogP contribution in [0.5, 0.6) is 0 Å². The summed E-state index contributed by atoms with van der Waals surface area (Å²) in [5.41, 5.74) is 4.11. The van der Waals surface area contributed by atoms with Crippen molar-refractivity contribution in [3.05, 3.63) is 64.5 Å². The van der Waals surface area contributed by atoms with Crippen LogP contribution in [0.1, 0.15) is 5.56 Å². The average molecular weight is 282 g/mol. The van der Waals surface area contributed by atoms with Gasteiger partial charge in [-0.1, -0.05) is 35.9 Å². The molecule has 20 heavy (non-hydrogen) atoms. The second kappa shape index (κ2) is 5.06. The van der Waals surface area contributed by atoms with Gasteiger partial charge < -0.3 is 0 Å². The largest absolute Gasteiger partial charge is 0.294 e. The summed E-state index contributed by atoms with van der Waals surface area (Å²) in [7, 11) is 0. The van der Waals surface area contributed by atoms with Crippen LogP contribution >= 0.6 is 11.3 Å². The summed E-state index contributed by atoms with van der Waals surface area (Å²) in [6.45, 7) is 6.20. The normalized spacial score (nSPS) is 10.8. The van der Waals surface area contributed by atoms with Crippen molar-refractivity contribution in [1.82, 2.24) is 9.55 Å². The molecule has 0 atom stereocenters. The van der Waals surface area contributed by atoms with Gasteiger partial charge in [0.05, 0.1) is 11.8 Å². The number of fused-ring (bicyclic) bond motifs is 1. The Labute approximate surface area is 120 Å². The fourth-order valence-corrected chi connectivity index (χ4v) is 3.12. The van der Waals surface area contributed by atoms with E-state index in [0.29, 0.717) is 11.2 Å². The predicted molar refractivity (Wildman–Crippen MR) is 84.3 cm³/mol. The molecule has 3 aromatic rings. The first-order chi connectivity index (χ1) is 9.70. The average Bonchev–Trinajstić information content (AvgIpc) is 2.88. The molecule has 0 amide bonds. The molecule has 0 N–H and O–H groups in total. The molecule has 0 saturated carbocycles. The second-order valence-corrected chi connectivity index (χ2v) is 5.56. The molecule has 1 aromatic carbocycles. The summed E-state index contributed by atoms with van der Waals surface area (Å²) in [5.74, 6) is 0. The topological polar surface area (TPSA) is 34.9 Å². The highest BCUT2D eigenvalue weighted by Gasteiger charge is 2.11. The van der Waals surface area contributed by atoms with Crippen molar-refractivity contribution in [2.75, 3.05) is 0 Å². The Morgan fingerprint density at radius 3 is 2.80 bits per heavy atom. The lowest BCUT2D eigenvalue weighted by Gasteiger charge is -2.02. The van der Waals surface area contributed by atoms with Crippen LogP contribution in [0.3, 0.4) is 0 Å².